The molecule has 15 heavy (non-hydrogen) atoms. The number of hydrogen-bond donors (Lipinski definition) is 0. The topological polar surface area (TPSA) is 0 Å². The fourth-order valence-electron chi connectivity index (χ4n) is 3.83. The van der Waals surface area contributed by atoms with Gasteiger partial charge in [0.25, 0.3) is 0 Å². The maximum absolute atomic E-state index is 2.48. The van der Waals surface area contributed by atoms with Gasteiger partial charge in [-0.05, 0) is 41.4 Å². The van der Waals surface area contributed by atoms with Crippen LogP contribution in [0.15, 0.2) is 0 Å². The molecule has 0 saturated heterocycles. The number of hydrogen-bond acceptors (Lipinski definition) is 0. The van der Waals surface area contributed by atoms with Gasteiger partial charge in [-0.2, -0.15) is 0 Å². The van der Waals surface area contributed by atoms with Crippen molar-refractivity contribution in [1.82, 2.24) is 0 Å². The molecule has 0 bridgehead atoms. The highest BCUT2D eigenvalue weighted by Gasteiger charge is 2.83. The summed E-state index contributed by atoms with van der Waals surface area (Å²) in [6, 6.07) is 0. The van der Waals surface area contributed by atoms with Crippen molar-refractivity contribution in [3.8, 4) is 0 Å². The summed E-state index contributed by atoms with van der Waals surface area (Å²) in [6.07, 6.45) is 7.28. The molecule has 0 N–H and O–H groups in total. The Morgan fingerprint density at radius 1 is 1.20 bits per heavy atom. The fourth-order valence-corrected chi connectivity index (χ4v) is 3.83. The monoisotopic (exact) mass is 208 g/mol. The van der Waals surface area contributed by atoms with Crippen molar-refractivity contribution in [3.05, 3.63) is 0 Å². The van der Waals surface area contributed by atoms with E-state index in [9.17, 15) is 0 Å². The second-order valence-electron chi connectivity index (χ2n) is 6.94. The fraction of sp³-hybridized carbons (Fsp3) is 1.00. The largest absolute Gasteiger partial charge is 0.0654 e. The van der Waals surface area contributed by atoms with E-state index in [1.807, 2.05) is 0 Å². The Hall–Kier alpha value is 0. The summed E-state index contributed by atoms with van der Waals surface area (Å²) in [5.41, 5.74) is 1.53. The predicted octanol–water partition coefficient (Wildman–Crippen LogP) is 4.89. The van der Waals surface area contributed by atoms with Gasteiger partial charge in [-0.15, -0.1) is 0 Å². The van der Waals surface area contributed by atoms with Crippen molar-refractivity contribution >= 4 is 0 Å². The summed E-state index contributed by atoms with van der Waals surface area (Å²) in [5, 5.41) is 0. The van der Waals surface area contributed by atoms with Crippen LogP contribution in [0.4, 0.5) is 0 Å². The van der Waals surface area contributed by atoms with Crippen LogP contribution < -0.4 is 0 Å². The van der Waals surface area contributed by atoms with Gasteiger partial charge in [0.05, 0.1) is 0 Å². The maximum atomic E-state index is 2.48. The molecule has 4 atom stereocenters. The molecule has 2 fully saturated rings. The van der Waals surface area contributed by atoms with Crippen LogP contribution in [0.2, 0.25) is 0 Å². The van der Waals surface area contributed by atoms with Crippen LogP contribution in [-0.4, -0.2) is 0 Å². The third-order valence-corrected chi connectivity index (χ3v) is 5.82. The average Bonchev–Trinajstić information content (AvgIpc) is 3.01. The van der Waals surface area contributed by atoms with Gasteiger partial charge < -0.3 is 0 Å². The molecular formula is C15H28. The first kappa shape index (κ1) is 11.5. The average molecular weight is 208 g/mol. The van der Waals surface area contributed by atoms with Gasteiger partial charge >= 0.3 is 0 Å². The molecule has 0 spiro atoms. The van der Waals surface area contributed by atoms with Crippen molar-refractivity contribution in [2.75, 3.05) is 0 Å². The van der Waals surface area contributed by atoms with Crippen LogP contribution in [0.5, 0.6) is 0 Å². The van der Waals surface area contributed by atoms with Crippen molar-refractivity contribution < 1.29 is 0 Å². The van der Waals surface area contributed by atoms with Crippen molar-refractivity contribution in [2.24, 2.45) is 28.6 Å². The molecule has 0 aliphatic heterocycles. The van der Waals surface area contributed by atoms with Crippen LogP contribution in [0.25, 0.3) is 0 Å². The van der Waals surface area contributed by atoms with E-state index in [1.165, 1.54) is 25.7 Å². The standard InChI is InChI=1S/C15H28/c1-6-7-8-11(2)12(3)9-15-10-13(15)14(15,4)5/h11-13H,6-10H2,1-5H3. The minimum atomic E-state index is 0.714. The van der Waals surface area contributed by atoms with Gasteiger partial charge in [0.15, 0.2) is 0 Å². The lowest BCUT2D eigenvalue weighted by molar-refractivity contribution is 0.252. The zero-order chi connectivity index (χ0) is 11.3. The molecule has 0 heteroatoms. The first-order chi connectivity index (χ1) is 6.95. The van der Waals surface area contributed by atoms with E-state index in [1.54, 1.807) is 6.42 Å². The van der Waals surface area contributed by atoms with E-state index in [-0.39, 0.29) is 0 Å². The number of unbranched alkanes of at least 4 members (excludes halogenated alkanes) is 1. The molecule has 88 valence electrons. The van der Waals surface area contributed by atoms with Crippen molar-refractivity contribution in [2.45, 2.75) is 66.7 Å². The maximum Gasteiger partial charge on any atom is -0.0204 e. The SMILES string of the molecule is CCCCC(C)C(C)CC12CC1C2(C)C. The number of fused-ring (bicyclic) bond motifs is 1. The molecule has 0 aromatic rings. The molecule has 4 unspecified atom stereocenters. The smallest absolute Gasteiger partial charge is 0.0204 e. The number of rotatable bonds is 6. The predicted molar refractivity (Wildman–Crippen MR) is 66.8 cm³/mol. The highest BCUT2D eigenvalue weighted by Crippen LogP contribution is 2.89. The van der Waals surface area contributed by atoms with Crippen LogP contribution in [0.3, 0.4) is 0 Å². The summed E-state index contributed by atoms with van der Waals surface area (Å²) in [5.74, 6) is 2.99. The summed E-state index contributed by atoms with van der Waals surface area (Å²) >= 11 is 0. The van der Waals surface area contributed by atoms with E-state index >= 15 is 0 Å². The normalized spacial score (nSPS) is 39.4. The van der Waals surface area contributed by atoms with Crippen LogP contribution >= 0.6 is 0 Å². The first-order valence-electron chi connectivity index (χ1n) is 6.95. The highest BCUT2D eigenvalue weighted by atomic mass is 14.9. The van der Waals surface area contributed by atoms with Crippen molar-refractivity contribution in [3.63, 3.8) is 0 Å². The Balaban J connectivity index is 1.76. The minimum absolute atomic E-state index is 0.714. The zero-order valence-corrected chi connectivity index (χ0v) is 11.3. The Bertz CT molecular complexity index is 240. The molecule has 2 aliphatic carbocycles. The molecule has 0 heterocycles. The molecule has 2 saturated carbocycles. The van der Waals surface area contributed by atoms with E-state index in [0.29, 0.717) is 5.41 Å². The molecule has 0 radical (unpaired) electrons. The Morgan fingerprint density at radius 2 is 1.80 bits per heavy atom. The van der Waals surface area contributed by atoms with Crippen LogP contribution in [-0.2, 0) is 0 Å². The highest BCUT2D eigenvalue weighted by molar-refractivity contribution is 5.31. The van der Waals surface area contributed by atoms with Gasteiger partial charge in [0.2, 0.25) is 0 Å². The molecule has 0 aromatic carbocycles. The van der Waals surface area contributed by atoms with Crippen LogP contribution in [0, 0.1) is 28.6 Å². The Labute approximate surface area is 95.8 Å². The van der Waals surface area contributed by atoms with E-state index < -0.39 is 0 Å². The van der Waals surface area contributed by atoms with Crippen molar-refractivity contribution in [1.29, 1.82) is 0 Å². The third-order valence-electron chi connectivity index (χ3n) is 5.82. The Kier molecular flexibility index (Phi) is 2.68. The van der Waals surface area contributed by atoms with Gasteiger partial charge in [-0.25, -0.2) is 0 Å². The molecule has 0 aromatic heterocycles. The summed E-state index contributed by atoms with van der Waals surface area (Å²) in [4.78, 5) is 0. The zero-order valence-electron chi connectivity index (χ0n) is 11.3. The van der Waals surface area contributed by atoms with Gasteiger partial charge in [-0.3, -0.25) is 0 Å². The van der Waals surface area contributed by atoms with E-state index in [2.05, 4.69) is 34.6 Å². The molecule has 2 aliphatic rings. The van der Waals surface area contributed by atoms with E-state index in [4.69, 9.17) is 0 Å². The summed E-state index contributed by atoms with van der Waals surface area (Å²) < 4.78 is 0. The van der Waals surface area contributed by atoms with Gasteiger partial charge in [0.1, 0.15) is 0 Å². The lowest BCUT2D eigenvalue weighted by Gasteiger charge is -2.25. The van der Waals surface area contributed by atoms with Crippen LogP contribution in [0.1, 0.15) is 66.7 Å². The second kappa shape index (κ2) is 3.50. The molecule has 0 amide bonds. The summed E-state index contributed by atoms with van der Waals surface area (Å²) in [7, 11) is 0. The quantitative estimate of drug-likeness (QED) is 0.583. The van der Waals surface area contributed by atoms with Gasteiger partial charge in [0, 0.05) is 0 Å². The lowest BCUT2D eigenvalue weighted by Crippen LogP contribution is -2.15. The third kappa shape index (κ3) is 1.65. The molecule has 0 nitrogen and oxygen atoms in total. The first-order valence-corrected chi connectivity index (χ1v) is 6.95. The Morgan fingerprint density at radius 3 is 2.20 bits per heavy atom. The lowest BCUT2D eigenvalue weighted by atomic mass is 9.80. The second-order valence-corrected chi connectivity index (χ2v) is 6.94. The summed E-state index contributed by atoms with van der Waals surface area (Å²) in [6.45, 7) is 12.2. The molecule has 2 rings (SSSR count). The van der Waals surface area contributed by atoms with Gasteiger partial charge in [-0.1, -0.05) is 53.9 Å². The van der Waals surface area contributed by atoms with E-state index in [0.717, 1.165) is 23.2 Å². The molecular weight excluding hydrogens is 180 g/mol. The minimum Gasteiger partial charge on any atom is -0.0654 e.